The highest BCUT2D eigenvalue weighted by Gasteiger charge is 2.40. The molecular weight excluding hydrogens is 635 g/mol. The van der Waals surface area contributed by atoms with Crippen molar-refractivity contribution in [1.82, 2.24) is 19.7 Å². The maximum absolute atomic E-state index is 14.5. The summed E-state index contributed by atoms with van der Waals surface area (Å²) >= 11 is 3.22. The van der Waals surface area contributed by atoms with Gasteiger partial charge < -0.3 is 15.0 Å². The summed E-state index contributed by atoms with van der Waals surface area (Å²) in [6.45, 7) is 5.59. The molecule has 1 aliphatic rings. The zero-order valence-corrected chi connectivity index (χ0v) is 26.0. The van der Waals surface area contributed by atoms with Gasteiger partial charge in [-0.05, 0) is 67.0 Å². The predicted octanol–water partition coefficient (Wildman–Crippen LogP) is 4.37. The van der Waals surface area contributed by atoms with Crippen LogP contribution in [0.1, 0.15) is 44.6 Å². The van der Waals surface area contributed by atoms with Crippen molar-refractivity contribution in [3.05, 3.63) is 46.7 Å². The van der Waals surface area contributed by atoms with E-state index in [0.29, 0.717) is 15.5 Å². The molecule has 0 bridgehead atoms. The lowest BCUT2D eigenvalue weighted by molar-refractivity contribution is -0.137. The minimum atomic E-state index is -3.26. The van der Waals surface area contributed by atoms with E-state index in [2.05, 4.69) is 35.7 Å². The molecule has 3 amide bonds. The Labute approximate surface area is 250 Å². The first kappa shape index (κ1) is 31.2. The summed E-state index contributed by atoms with van der Waals surface area (Å²) in [6, 6.07) is 8.25. The summed E-state index contributed by atoms with van der Waals surface area (Å²) < 4.78 is 38.4. The molecule has 0 radical (unpaired) electrons. The fourth-order valence-corrected chi connectivity index (χ4v) is 5.89. The van der Waals surface area contributed by atoms with Gasteiger partial charge >= 0.3 is 6.09 Å². The number of aromatic nitrogens is 3. The van der Waals surface area contributed by atoms with Gasteiger partial charge in [-0.2, -0.15) is 5.10 Å². The number of halogens is 2. The average Bonchev–Trinajstić information content (AvgIpc) is 3.43. The number of benzene rings is 1. The number of hydrogen-bond donors (Lipinski definition) is 1. The number of carbonyl (C=O) groups excluding carboxylic acids is 4. The van der Waals surface area contributed by atoms with Crippen molar-refractivity contribution < 1.29 is 32.5 Å². The number of alkyl halides is 1. The van der Waals surface area contributed by atoms with Crippen LogP contribution in [0, 0.1) is 0 Å². The van der Waals surface area contributed by atoms with Crippen molar-refractivity contribution in [1.29, 1.82) is 0 Å². The van der Waals surface area contributed by atoms with E-state index in [-0.39, 0.29) is 29.4 Å². The molecule has 224 valence electrons. The first-order chi connectivity index (χ1) is 19.5. The first-order valence-electron chi connectivity index (χ1n) is 12.9. The number of carbonyl (C=O) groups is 4. The van der Waals surface area contributed by atoms with Gasteiger partial charge in [0, 0.05) is 29.9 Å². The fraction of sp³-hybridized carbons (Fsp3) is 0.407. The van der Waals surface area contributed by atoms with Gasteiger partial charge in [0.25, 0.3) is 0 Å². The van der Waals surface area contributed by atoms with Crippen molar-refractivity contribution >= 4 is 66.1 Å². The molecule has 0 spiro atoms. The van der Waals surface area contributed by atoms with E-state index >= 15 is 0 Å². The number of pyridine rings is 1. The topological polar surface area (TPSA) is 153 Å². The molecule has 15 heteroatoms. The number of fused-ring (bicyclic) bond motifs is 1. The second-order valence-electron chi connectivity index (χ2n) is 10.8. The van der Waals surface area contributed by atoms with Gasteiger partial charge in [0.1, 0.15) is 40.5 Å². The van der Waals surface area contributed by atoms with Gasteiger partial charge in [-0.15, -0.1) is 4.36 Å². The van der Waals surface area contributed by atoms with E-state index in [0.717, 1.165) is 4.90 Å². The van der Waals surface area contributed by atoms with E-state index in [1.165, 1.54) is 36.1 Å². The van der Waals surface area contributed by atoms with Gasteiger partial charge in [0.15, 0.2) is 5.78 Å². The predicted molar refractivity (Wildman–Crippen MR) is 156 cm³/mol. The van der Waals surface area contributed by atoms with Crippen LogP contribution in [0.3, 0.4) is 0 Å². The second-order valence-corrected chi connectivity index (χ2v) is 13.9. The number of amides is 3. The summed E-state index contributed by atoms with van der Waals surface area (Å²) in [4.78, 5) is 56.4. The maximum atomic E-state index is 14.5. The van der Waals surface area contributed by atoms with Crippen molar-refractivity contribution in [2.75, 3.05) is 18.1 Å². The highest BCUT2D eigenvalue weighted by Crippen LogP contribution is 2.27. The molecule has 1 unspecified atom stereocenters. The van der Waals surface area contributed by atoms with Gasteiger partial charge in [-0.25, -0.2) is 18.4 Å². The number of Topliss-reactive ketones (excluding diaryl/α,β-unsaturated/α-hetero) is 1. The Kier molecular flexibility index (Phi) is 8.83. The smallest absolute Gasteiger partial charge is 0.442 e. The quantitative estimate of drug-likeness (QED) is 0.301. The summed E-state index contributed by atoms with van der Waals surface area (Å²) in [6.07, 6.45) is -1.31. The molecule has 4 rings (SSSR count). The number of hydrogen-bond acceptors (Lipinski definition) is 8. The Morgan fingerprint density at radius 2 is 1.93 bits per heavy atom. The van der Waals surface area contributed by atoms with Gasteiger partial charge in [0.05, 0.1) is 21.8 Å². The van der Waals surface area contributed by atoms with Crippen LogP contribution < -0.4 is 5.32 Å². The number of rotatable bonds is 6. The molecule has 1 aliphatic heterocycles. The lowest BCUT2D eigenvalue weighted by atomic mass is 10.1. The van der Waals surface area contributed by atoms with Crippen molar-refractivity contribution in [3.63, 3.8) is 0 Å². The molecule has 0 aliphatic carbocycles. The molecule has 1 saturated heterocycles. The van der Waals surface area contributed by atoms with E-state index < -0.39 is 57.8 Å². The first-order valence-corrected chi connectivity index (χ1v) is 15.6. The summed E-state index contributed by atoms with van der Waals surface area (Å²) in [5.41, 5.74) is -0.463. The third-order valence-electron chi connectivity index (χ3n) is 6.26. The zero-order chi connectivity index (χ0) is 31.0. The van der Waals surface area contributed by atoms with Crippen LogP contribution in [-0.2, 0) is 30.6 Å². The third kappa shape index (κ3) is 7.18. The lowest BCUT2D eigenvalue weighted by Crippen LogP contribution is -2.44. The molecule has 0 saturated carbocycles. The zero-order valence-electron chi connectivity index (χ0n) is 23.6. The van der Waals surface area contributed by atoms with E-state index in [9.17, 15) is 27.8 Å². The average molecular weight is 666 g/mol. The Morgan fingerprint density at radius 1 is 1.21 bits per heavy atom. The summed E-state index contributed by atoms with van der Waals surface area (Å²) in [5, 5.41) is 7.20. The Hall–Kier alpha value is -3.72. The molecular formula is C27H30BrFN6O6S. The fourth-order valence-electron chi connectivity index (χ4n) is 4.47. The number of ketones is 1. The van der Waals surface area contributed by atoms with Gasteiger partial charge in [-0.3, -0.25) is 19.1 Å². The number of nitrogens with one attached hydrogen (secondary N) is 1. The number of ether oxygens (including phenoxy) is 1. The van der Waals surface area contributed by atoms with Crippen molar-refractivity contribution in [2.45, 2.75) is 63.4 Å². The molecule has 2 aromatic heterocycles. The summed E-state index contributed by atoms with van der Waals surface area (Å²) in [7, 11) is -3.26. The van der Waals surface area contributed by atoms with Crippen LogP contribution in [-0.4, -0.2) is 78.2 Å². The van der Waals surface area contributed by atoms with Crippen LogP contribution in [0.25, 0.3) is 10.9 Å². The molecule has 1 N–H and O–H groups in total. The van der Waals surface area contributed by atoms with E-state index in [1.54, 1.807) is 39.0 Å². The molecule has 3 heterocycles. The van der Waals surface area contributed by atoms with Crippen LogP contribution in [0.15, 0.2) is 50.3 Å². The maximum Gasteiger partial charge on any atom is 0.442 e. The second kappa shape index (κ2) is 11.9. The number of anilines is 1. The molecule has 1 fully saturated rings. The molecule has 12 nitrogen and oxygen atoms in total. The molecule has 42 heavy (non-hydrogen) atoms. The lowest BCUT2D eigenvalue weighted by Gasteiger charge is -2.23. The number of likely N-dealkylation sites (tertiary alicyclic amines) is 1. The standard InChI is InChI=1S/C27H30BrFN6O6S/c1-15(36)24-18-12-17(42(5,40)33-26(39)41-27(2,3)4)9-10-19(18)35(32-24)14-23(37)34-13-16(29)11-20(34)25(38)31-22-8-6-7-21(28)30-22/h6-10,12,16,20H,11,13-14H2,1-5H3,(H,30,31,38)/t16-,20+,42?/m1/s1. The third-order valence-corrected chi connectivity index (χ3v) is 8.33. The normalized spacial score (nSPS) is 18.4. The van der Waals surface area contributed by atoms with Crippen LogP contribution >= 0.6 is 15.9 Å². The van der Waals surface area contributed by atoms with E-state index in [1.807, 2.05) is 0 Å². The van der Waals surface area contributed by atoms with Crippen molar-refractivity contribution in [2.24, 2.45) is 4.36 Å². The summed E-state index contributed by atoms with van der Waals surface area (Å²) in [5.74, 6) is -1.34. The monoisotopic (exact) mass is 664 g/mol. The molecule has 3 aromatic rings. The van der Waals surface area contributed by atoms with Gasteiger partial charge in [-0.1, -0.05) is 6.07 Å². The molecule has 1 aromatic carbocycles. The van der Waals surface area contributed by atoms with Crippen LogP contribution in [0.4, 0.5) is 15.0 Å². The van der Waals surface area contributed by atoms with Crippen LogP contribution in [0.5, 0.6) is 0 Å². The van der Waals surface area contributed by atoms with Crippen LogP contribution in [0.2, 0.25) is 0 Å². The van der Waals surface area contributed by atoms with E-state index in [4.69, 9.17) is 4.74 Å². The van der Waals surface area contributed by atoms with Crippen molar-refractivity contribution in [3.8, 4) is 0 Å². The Balaban J connectivity index is 1.62. The Morgan fingerprint density at radius 3 is 2.57 bits per heavy atom. The van der Waals surface area contributed by atoms with Gasteiger partial charge in [0.2, 0.25) is 11.8 Å². The minimum absolute atomic E-state index is 0.00642. The Bertz CT molecular complexity index is 1710. The SMILES string of the molecule is CC(=O)c1nn(CC(=O)N2C[C@H](F)C[C@H]2C(=O)Nc2cccc(Br)n2)c2ccc(S(C)(=O)=NC(=O)OC(C)(C)C)cc12. The minimum Gasteiger partial charge on any atom is -0.442 e. The largest absolute Gasteiger partial charge is 0.442 e. The molecule has 3 atom stereocenters. The highest BCUT2D eigenvalue weighted by atomic mass is 79.9. The number of nitrogens with zero attached hydrogens (tertiary/aromatic N) is 5. The highest BCUT2D eigenvalue weighted by molar-refractivity contribution is 9.10.